The molecular weight excluding hydrogens is 254 g/mol. The Labute approximate surface area is 111 Å². The fourth-order valence-electron chi connectivity index (χ4n) is 1.14. The van der Waals surface area contributed by atoms with Crippen molar-refractivity contribution in [3.63, 3.8) is 0 Å². The number of hydrogen-bond acceptors (Lipinski definition) is 5. The van der Waals surface area contributed by atoms with Crippen LogP contribution in [-0.2, 0) is 24.0 Å². The fraction of sp³-hybridized carbons (Fsp3) is 0.636. The average Bonchev–Trinajstić information content (AvgIpc) is 2.42. The Hall–Kier alpha value is -2.66. The molecule has 0 spiro atoms. The predicted octanol–water partition coefficient (Wildman–Crippen LogP) is 1.62. The third kappa shape index (κ3) is 9.08. The first-order valence-electron chi connectivity index (χ1n) is 5.43. The van der Waals surface area contributed by atoms with Crippen molar-refractivity contribution < 1.29 is 24.0 Å². The zero-order valence-electron chi connectivity index (χ0n) is 10.2. The number of carbonyl (C=O) groups excluding carboxylic acids is 1. The number of rotatable bonds is 10. The maximum atomic E-state index is 11.5. The second-order valence-electron chi connectivity index (χ2n) is 3.20. The van der Waals surface area contributed by atoms with Crippen LogP contribution in [0.1, 0.15) is 19.3 Å². The largest absolute Gasteiger partial charge is 0.459 e. The van der Waals surface area contributed by atoms with E-state index in [-0.39, 0.29) is 19.8 Å². The van der Waals surface area contributed by atoms with Gasteiger partial charge in [0.25, 0.3) is 6.10 Å². The van der Waals surface area contributed by atoms with Crippen molar-refractivity contribution in [3.05, 3.63) is 34.7 Å². The molecule has 0 saturated carbocycles. The molecule has 0 aliphatic heterocycles. The summed E-state index contributed by atoms with van der Waals surface area (Å²) in [7, 11) is 0. The molecule has 19 heavy (non-hydrogen) atoms. The lowest BCUT2D eigenvalue weighted by molar-refractivity contribution is -0.155. The molecule has 0 saturated heterocycles. The van der Waals surface area contributed by atoms with Crippen molar-refractivity contribution in [1.82, 2.24) is 0 Å². The molecule has 0 rings (SSSR count). The summed E-state index contributed by atoms with van der Waals surface area (Å²) in [6.07, 6.45) is 0.461. The highest BCUT2D eigenvalue weighted by Crippen LogP contribution is 2.08. The van der Waals surface area contributed by atoms with Crippen LogP contribution in [-0.4, -0.2) is 31.9 Å². The molecule has 0 aromatic rings. The Morgan fingerprint density at radius 3 is 2.26 bits per heavy atom. The summed E-state index contributed by atoms with van der Waals surface area (Å²) >= 11 is 0. The third-order valence-electron chi connectivity index (χ3n) is 1.94. The first-order chi connectivity index (χ1) is 9.26. The lowest BCUT2D eigenvalue weighted by Crippen LogP contribution is -2.25. The molecule has 0 aliphatic carbocycles. The topological polar surface area (TPSA) is 67.1 Å². The van der Waals surface area contributed by atoms with Gasteiger partial charge in [0.1, 0.15) is 6.61 Å². The molecule has 8 nitrogen and oxygen atoms in total. The zero-order valence-corrected chi connectivity index (χ0v) is 10.2. The molecule has 8 heteroatoms. The van der Waals surface area contributed by atoms with Crippen LogP contribution in [0, 0.1) is 19.7 Å². The van der Waals surface area contributed by atoms with E-state index >= 15 is 0 Å². The van der Waals surface area contributed by atoms with Crippen molar-refractivity contribution in [2.45, 2.75) is 25.4 Å². The molecule has 0 amide bonds. The second kappa shape index (κ2) is 11.8. The van der Waals surface area contributed by atoms with E-state index in [9.17, 15) is 4.79 Å². The van der Waals surface area contributed by atoms with Gasteiger partial charge < -0.3 is 4.74 Å². The van der Waals surface area contributed by atoms with E-state index in [1.165, 1.54) is 0 Å². The Kier molecular flexibility index (Phi) is 10.2. The molecule has 0 fully saturated rings. The minimum absolute atomic E-state index is 0.0289. The minimum Gasteiger partial charge on any atom is -0.459 e. The SMILES string of the molecule is [C-]#[N+]OCCCCC(O[N+]#[C-])C(=O)OCCO[N+]#[C-]. The molecule has 0 aliphatic rings. The third-order valence-corrected chi connectivity index (χ3v) is 1.94. The maximum Gasteiger partial charge on any atom is 0.356 e. The van der Waals surface area contributed by atoms with Crippen molar-refractivity contribution in [3.8, 4) is 0 Å². The highest BCUT2D eigenvalue weighted by Gasteiger charge is 2.25. The van der Waals surface area contributed by atoms with Gasteiger partial charge in [-0.3, -0.25) is 0 Å². The summed E-state index contributed by atoms with van der Waals surface area (Å²) in [5, 5.41) is 8.06. The van der Waals surface area contributed by atoms with Crippen LogP contribution in [0.25, 0.3) is 15.0 Å². The lowest BCUT2D eigenvalue weighted by atomic mass is 10.1. The van der Waals surface area contributed by atoms with Crippen LogP contribution in [0.5, 0.6) is 0 Å². The number of carbonyl (C=O) groups is 1. The summed E-state index contributed by atoms with van der Waals surface area (Å²) in [5.74, 6) is -0.671. The fourth-order valence-corrected chi connectivity index (χ4v) is 1.14. The summed E-state index contributed by atoms with van der Waals surface area (Å²) in [5.41, 5.74) is 0. The number of hydrogen-bond donors (Lipinski definition) is 0. The summed E-state index contributed by atoms with van der Waals surface area (Å²) < 4.78 is 4.78. The van der Waals surface area contributed by atoms with Gasteiger partial charge in [-0.25, -0.2) is 4.79 Å². The van der Waals surface area contributed by atoms with Crippen LogP contribution >= 0.6 is 0 Å². The van der Waals surface area contributed by atoms with Gasteiger partial charge in [-0.05, 0) is 27.9 Å². The number of unbranched alkanes of at least 4 members (excludes halogenated alkanes) is 1. The molecule has 0 aromatic heterocycles. The van der Waals surface area contributed by atoms with Gasteiger partial charge in [0, 0.05) is 6.42 Å². The first-order valence-corrected chi connectivity index (χ1v) is 5.43. The molecule has 0 N–H and O–H groups in total. The number of nitrogens with zero attached hydrogens (tertiary/aromatic N) is 3. The van der Waals surface area contributed by atoms with E-state index in [4.69, 9.17) is 24.5 Å². The highest BCUT2D eigenvalue weighted by molar-refractivity contribution is 5.74. The van der Waals surface area contributed by atoms with Crippen molar-refractivity contribution in [2.75, 3.05) is 19.8 Å². The van der Waals surface area contributed by atoms with Crippen LogP contribution in [0.4, 0.5) is 0 Å². The normalized spacial score (nSPS) is 10.2. The van der Waals surface area contributed by atoms with E-state index < -0.39 is 12.1 Å². The van der Waals surface area contributed by atoms with E-state index in [0.29, 0.717) is 19.3 Å². The van der Waals surface area contributed by atoms with Crippen molar-refractivity contribution >= 4 is 5.97 Å². The van der Waals surface area contributed by atoms with Crippen LogP contribution in [0.3, 0.4) is 0 Å². The van der Waals surface area contributed by atoms with Gasteiger partial charge >= 0.3 is 5.97 Å². The van der Waals surface area contributed by atoms with E-state index in [1.807, 2.05) is 0 Å². The van der Waals surface area contributed by atoms with Gasteiger partial charge in [-0.1, -0.05) is 0 Å². The molecule has 102 valence electrons. The molecule has 0 heterocycles. The average molecular weight is 267 g/mol. The summed E-state index contributed by atoms with van der Waals surface area (Å²) in [6.45, 7) is 19.5. The van der Waals surface area contributed by atoms with Crippen LogP contribution in [0.2, 0.25) is 0 Å². The molecule has 0 aromatic carbocycles. The molecule has 0 bridgehead atoms. The van der Waals surface area contributed by atoms with E-state index in [2.05, 4.69) is 29.5 Å². The molecular formula is C11H13N3O5. The molecule has 0 radical (unpaired) electrons. The van der Waals surface area contributed by atoms with Crippen LogP contribution < -0.4 is 0 Å². The Morgan fingerprint density at radius 2 is 1.63 bits per heavy atom. The smallest absolute Gasteiger partial charge is 0.356 e. The lowest BCUT2D eigenvalue weighted by Gasteiger charge is -2.08. The summed E-state index contributed by atoms with van der Waals surface area (Å²) in [6, 6.07) is 0. The van der Waals surface area contributed by atoms with E-state index in [1.54, 1.807) is 0 Å². The van der Waals surface area contributed by atoms with Gasteiger partial charge in [0.05, 0.1) is 0 Å². The Balaban J connectivity index is 3.89. The number of esters is 1. The van der Waals surface area contributed by atoms with Gasteiger partial charge in [-0.15, -0.1) is 0 Å². The van der Waals surface area contributed by atoms with E-state index in [0.717, 1.165) is 0 Å². The maximum absolute atomic E-state index is 11.5. The standard InChI is InChI=1S/C11H13N3O5/c1-12-17-7-5-4-6-10(19-14-3)11(15)16-8-9-18-13-2/h10H,4-9H2. The predicted molar refractivity (Wildman–Crippen MR) is 61.4 cm³/mol. The summed E-state index contributed by atoms with van der Waals surface area (Å²) in [4.78, 5) is 24.9. The van der Waals surface area contributed by atoms with Crippen molar-refractivity contribution in [1.29, 1.82) is 0 Å². The van der Waals surface area contributed by atoms with Gasteiger partial charge in [0.15, 0.2) is 6.61 Å². The second-order valence-corrected chi connectivity index (χ2v) is 3.20. The molecule has 1 atom stereocenters. The molecule has 1 unspecified atom stereocenters. The Bertz CT molecular complexity index is 379. The Morgan fingerprint density at radius 1 is 0.947 bits per heavy atom. The van der Waals surface area contributed by atoms with Crippen LogP contribution in [0.15, 0.2) is 0 Å². The minimum atomic E-state index is -0.974. The highest BCUT2D eigenvalue weighted by atomic mass is 16.7. The number of ether oxygens (including phenoxy) is 1. The first kappa shape index (κ1) is 16.3. The zero-order chi connectivity index (χ0) is 14.3. The van der Waals surface area contributed by atoms with Crippen molar-refractivity contribution in [2.24, 2.45) is 0 Å². The quantitative estimate of drug-likeness (QED) is 0.260. The van der Waals surface area contributed by atoms with Gasteiger partial charge in [0.2, 0.25) is 6.61 Å². The monoisotopic (exact) mass is 267 g/mol. The van der Waals surface area contributed by atoms with Gasteiger partial charge in [-0.2, -0.15) is 34.2 Å².